The number of carbonyl (C=O) groups is 1. The molecule has 0 fully saturated rings. The Balaban J connectivity index is 1.73. The number of benzene rings is 2. The van der Waals surface area contributed by atoms with Crippen molar-refractivity contribution >= 4 is 22.9 Å². The van der Waals surface area contributed by atoms with Crippen LogP contribution in [0, 0.1) is 20.8 Å². The maximum atomic E-state index is 12.5. The Labute approximate surface area is 157 Å². The van der Waals surface area contributed by atoms with E-state index in [2.05, 4.69) is 43.1 Å². The van der Waals surface area contributed by atoms with Crippen molar-refractivity contribution in [1.29, 1.82) is 0 Å². The lowest BCUT2D eigenvalue weighted by atomic mass is 10.1. The summed E-state index contributed by atoms with van der Waals surface area (Å²) in [7, 11) is 0. The minimum absolute atomic E-state index is 0.0265. The van der Waals surface area contributed by atoms with Gasteiger partial charge in [-0.05, 0) is 44.5 Å². The van der Waals surface area contributed by atoms with E-state index in [0.717, 1.165) is 33.3 Å². The van der Waals surface area contributed by atoms with Crippen LogP contribution in [0.4, 0.5) is 5.69 Å². The van der Waals surface area contributed by atoms with Crippen LogP contribution in [0.1, 0.15) is 21.0 Å². The molecular formula is C21H20N2O2S. The number of ether oxygens (including phenoxy) is 1. The van der Waals surface area contributed by atoms with Crippen LogP contribution in [0.25, 0.3) is 11.3 Å². The molecule has 3 aromatic rings. The number of fused-ring (bicyclic) bond motifs is 1. The van der Waals surface area contributed by atoms with Gasteiger partial charge in [0.1, 0.15) is 5.75 Å². The van der Waals surface area contributed by atoms with E-state index in [1.807, 2.05) is 30.0 Å². The van der Waals surface area contributed by atoms with Crippen LogP contribution in [-0.4, -0.2) is 17.5 Å². The third-order valence-electron chi connectivity index (χ3n) is 4.54. The summed E-state index contributed by atoms with van der Waals surface area (Å²) in [6.07, 6.45) is 0. The second-order valence-electron chi connectivity index (χ2n) is 6.57. The summed E-state index contributed by atoms with van der Waals surface area (Å²) >= 11 is 1.68. The van der Waals surface area contributed by atoms with Gasteiger partial charge in [-0.1, -0.05) is 29.8 Å². The first kappa shape index (κ1) is 16.8. The molecule has 4 rings (SSSR count). The Morgan fingerprint density at radius 3 is 2.58 bits per heavy atom. The molecule has 0 bridgehead atoms. The molecule has 132 valence electrons. The average molecular weight is 364 g/mol. The van der Waals surface area contributed by atoms with Crippen molar-refractivity contribution in [1.82, 2.24) is 4.98 Å². The molecule has 0 saturated heterocycles. The average Bonchev–Trinajstić information content (AvgIpc) is 2.97. The van der Waals surface area contributed by atoms with E-state index in [9.17, 15) is 4.79 Å². The lowest BCUT2D eigenvalue weighted by Crippen LogP contribution is -2.38. The Hall–Kier alpha value is -2.66. The minimum Gasteiger partial charge on any atom is -0.482 e. The van der Waals surface area contributed by atoms with Gasteiger partial charge in [-0.3, -0.25) is 4.79 Å². The van der Waals surface area contributed by atoms with E-state index in [1.165, 1.54) is 10.4 Å². The van der Waals surface area contributed by atoms with E-state index < -0.39 is 0 Å². The van der Waals surface area contributed by atoms with Gasteiger partial charge in [-0.25, -0.2) is 4.98 Å². The Morgan fingerprint density at radius 2 is 1.88 bits per heavy atom. The molecule has 0 spiro atoms. The van der Waals surface area contributed by atoms with Crippen LogP contribution in [0.2, 0.25) is 0 Å². The highest BCUT2D eigenvalue weighted by atomic mass is 32.1. The highest BCUT2D eigenvalue weighted by molar-refractivity contribution is 7.11. The van der Waals surface area contributed by atoms with Crippen molar-refractivity contribution in [3.63, 3.8) is 0 Å². The number of hydrogen-bond acceptors (Lipinski definition) is 4. The summed E-state index contributed by atoms with van der Waals surface area (Å²) in [5.74, 6) is 0.714. The van der Waals surface area contributed by atoms with E-state index >= 15 is 0 Å². The van der Waals surface area contributed by atoms with Gasteiger partial charge in [0.25, 0.3) is 5.91 Å². The number of hydrogen-bond donors (Lipinski definition) is 0. The van der Waals surface area contributed by atoms with Crippen LogP contribution in [-0.2, 0) is 11.3 Å². The fourth-order valence-electron chi connectivity index (χ4n) is 3.20. The van der Waals surface area contributed by atoms with Gasteiger partial charge in [0.2, 0.25) is 0 Å². The number of thiazole rings is 1. The summed E-state index contributed by atoms with van der Waals surface area (Å²) < 4.78 is 5.64. The molecule has 1 aromatic heterocycles. The van der Waals surface area contributed by atoms with Gasteiger partial charge in [-0.2, -0.15) is 0 Å². The third kappa shape index (κ3) is 3.10. The molecule has 0 radical (unpaired) electrons. The number of amides is 1. The van der Waals surface area contributed by atoms with Crippen molar-refractivity contribution in [3.05, 3.63) is 63.5 Å². The first-order valence-corrected chi connectivity index (χ1v) is 9.40. The highest BCUT2D eigenvalue weighted by Gasteiger charge is 2.26. The normalized spacial score (nSPS) is 13.5. The summed E-state index contributed by atoms with van der Waals surface area (Å²) in [6.45, 7) is 6.76. The molecule has 0 N–H and O–H groups in total. The molecule has 1 aliphatic heterocycles. The zero-order valence-electron chi connectivity index (χ0n) is 15.1. The summed E-state index contributed by atoms with van der Waals surface area (Å²) in [5, 5.41) is 1.04. The van der Waals surface area contributed by atoms with E-state index in [4.69, 9.17) is 4.74 Å². The van der Waals surface area contributed by atoms with Crippen LogP contribution < -0.4 is 9.64 Å². The SMILES string of the molecule is Cc1ccc(CN2C(=O)COc3ccc(-c4nc(C)sc4C)cc32)cc1. The van der Waals surface area contributed by atoms with Gasteiger partial charge in [-0.15, -0.1) is 11.3 Å². The van der Waals surface area contributed by atoms with Crippen molar-refractivity contribution in [3.8, 4) is 17.0 Å². The summed E-state index contributed by atoms with van der Waals surface area (Å²) in [4.78, 5) is 20.2. The predicted octanol–water partition coefficient (Wildman–Crippen LogP) is 4.66. The lowest BCUT2D eigenvalue weighted by molar-refractivity contribution is -0.121. The van der Waals surface area contributed by atoms with Crippen LogP contribution in [0.3, 0.4) is 0 Å². The number of aromatic nitrogens is 1. The molecule has 2 heterocycles. The second-order valence-corrected chi connectivity index (χ2v) is 7.98. The monoisotopic (exact) mass is 364 g/mol. The molecule has 5 heteroatoms. The predicted molar refractivity (Wildman–Crippen MR) is 105 cm³/mol. The smallest absolute Gasteiger partial charge is 0.265 e. The van der Waals surface area contributed by atoms with Crippen LogP contribution >= 0.6 is 11.3 Å². The second kappa shape index (κ2) is 6.57. The molecule has 1 amide bonds. The van der Waals surface area contributed by atoms with E-state index in [1.54, 1.807) is 11.3 Å². The fraction of sp³-hybridized carbons (Fsp3) is 0.238. The van der Waals surface area contributed by atoms with E-state index in [-0.39, 0.29) is 12.5 Å². The van der Waals surface area contributed by atoms with Crippen molar-refractivity contribution in [2.75, 3.05) is 11.5 Å². The third-order valence-corrected chi connectivity index (χ3v) is 5.43. The Bertz CT molecular complexity index is 976. The van der Waals surface area contributed by atoms with Gasteiger partial charge in [0.05, 0.1) is 22.9 Å². The summed E-state index contributed by atoms with van der Waals surface area (Å²) in [5.41, 5.74) is 5.10. The van der Waals surface area contributed by atoms with Crippen LogP contribution in [0.15, 0.2) is 42.5 Å². The number of carbonyl (C=O) groups excluding carboxylic acids is 1. The number of anilines is 1. The Morgan fingerprint density at radius 1 is 1.12 bits per heavy atom. The zero-order chi connectivity index (χ0) is 18.3. The largest absolute Gasteiger partial charge is 0.482 e. The first-order chi connectivity index (χ1) is 12.5. The molecule has 0 atom stereocenters. The molecule has 1 aliphatic rings. The van der Waals surface area contributed by atoms with Crippen molar-refractivity contribution in [2.24, 2.45) is 0 Å². The lowest BCUT2D eigenvalue weighted by Gasteiger charge is -2.30. The van der Waals surface area contributed by atoms with Crippen LogP contribution in [0.5, 0.6) is 5.75 Å². The molecule has 0 saturated carbocycles. The van der Waals surface area contributed by atoms with Gasteiger partial charge >= 0.3 is 0 Å². The maximum Gasteiger partial charge on any atom is 0.265 e. The number of rotatable bonds is 3. The molecule has 4 nitrogen and oxygen atoms in total. The molecule has 0 unspecified atom stereocenters. The quantitative estimate of drug-likeness (QED) is 0.679. The first-order valence-electron chi connectivity index (χ1n) is 8.58. The minimum atomic E-state index is -0.0265. The van der Waals surface area contributed by atoms with E-state index in [0.29, 0.717) is 6.54 Å². The molecular weight excluding hydrogens is 344 g/mol. The maximum absolute atomic E-state index is 12.5. The molecule has 0 aliphatic carbocycles. The topological polar surface area (TPSA) is 42.4 Å². The fourth-order valence-corrected chi connectivity index (χ4v) is 4.04. The number of aryl methyl sites for hydroxylation is 3. The van der Waals surface area contributed by atoms with Gasteiger partial charge in [0, 0.05) is 10.4 Å². The van der Waals surface area contributed by atoms with Crippen molar-refractivity contribution in [2.45, 2.75) is 27.3 Å². The highest BCUT2D eigenvalue weighted by Crippen LogP contribution is 2.38. The van der Waals surface area contributed by atoms with Gasteiger partial charge in [0.15, 0.2) is 6.61 Å². The van der Waals surface area contributed by atoms with Crippen molar-refractivity contribution < 1.29 is 9.53 Å². The molecule has 2 aromatic carbocycles. The zero-order valence-corrected chi connectivity index (χ0v) is 15.9. The molecule has 26 heavy (non-hydrogen) atoms. The standard InChI is InChI=1S/C21H20N2O2S/c1-13-4-6-16(7-5-13)11-23-18-10-17(21-14(2)26-15(3)22-21)8-9-19(18)25-12-20(23)24/h4-10H,11-12H2,1-3H3. The Kier molecular flexibility index (Phi) is 4.24. The van der Waals surface area contributed by atoms with Gasteiger partial charge < -0.3 is 9.64 Å². The number of nitrogens with zero attached hydrogens (tertiary/aromatic N) is 2. The summed E-state index contributed by atoms with van der Waals surface area (Å²) in [6, 6.07) is 14.2.